The Labute approximate surface area is 164 Å². The first-order valence-electron chi connectivity index (χ1n) is 9.78. The fourth-order valence-electron chi connectivity index (χ4n) is 3.64. The Morgan fingerprint density at radius 3 is 2.96 bits per heavy atom. The van der Waals surface area contributed by atoms with Crippen LogP contribution in [0, 0.1) is 0 Å². The Bertz CT molecular complexity index is 891. The highest BCUT2D eigenvalue weighted by molar-refractivity contribution is 6.32. The van der Waals surface area contributed by atoms with Gasteiger partial charge in [0.1, 0.15) is 17.6 Å². The number of aromatic nitrogens is 1. The quantitative estimate of drug-likeness (QED) is 0.488. The van der Waals surface area contributed by atoms with Crippen molar-refractivity contribution in [2.24, 2.45) is 15.9 Å². The van der Waals surface area contributed by atoms with E-state index in [4.69, 9.17) is 20.1 Å². The summed E-state index contributed by atoms with van der Waals surface area (Å²) < 4.78 is 17.0. The molecule has 1 saturated heterocycles. The molecule has 2 aliphatic heterocycles. The van der Waals surface area contributed by atoms with Crippen LogP contribution in [0.3, 0.4) is 0 Å². The molecular weight excluding hydrogens is 356 g/mol. The van der Waals surface area contributed by atoms with Crippen LogP contribution in [0.4, 0.5) is 0 Å². The van der Waals surface area contributed by atoms with Crippen LogP contribution in [0.25, 0.3) is 10.9 Å². The predicted molar refractivity (Wildman–Crippen MR) is 109 cm³/mol. The predicted octanol–water partition coefficient (Wildman–Crippen LogP) is 2.64. The zero-order valence-corrected chi connectivity index (χ0v) is 16.1. The summed E-state index contributed by atoms with van der Waals surface area (Å²) in [4.78, 5) is 9.14. The van der Waals surface area contributed by atoms with Gasteiger partial charge in [0.15, 0.2) is 0 Å². The van der Waals surface area contributed by atoms with Crippen molar-refractivity contribution in [2.45, 2.75) is 44.9 Å². The Hall–Kier alpha value is -2.51. The van der Waals surface area contributed by atoms with E-state index in [1.807, 2.05) is 31.3 Å². The lowest BCUT2D eigenvalue weighted by Crippen LogP contribution is -2.27. The van der Waals surface area contributed by atoms with E-state index in [2.05, 4.69) is 15.1 Å². The van der Waals surface area contributed by atoms with E-state index in [9.17, 15) is 0 Å². The highest BCUT2D eigenvalue weighted by Crippen LogP contribution is 2.28. The lowest BCUT2D eigenvalue weighted by atomic mass is 10.00. The highest BCUT2D eigenvalue weighted by Gasteiger charge is 2.17. The number of fused-ring (bicyclic) bond motifs is 3. The van der Waals surface area contributed by atoms with Gasteiger partial charge in [-0.1, -0.05) is 0 Å². The summed E-state index contributed by atoms with van der Waals surface area (Å²) in [5.74, 6) is 6.36. The van der Waals surface area contributed by atoms with Gasteiger partial charge in [0.25, 0.3) is 0 Å². The van der Waals surface area contributed by atoms with Crippen molar-refractivity contribution >= 4 is 22.8 Å². The van der Waals surface area contributed by atoms with E-state index in [0.717, 1.165) is 61.3 Å². The molecule has 0 aliphatic carbocycles. The topological polar surface area (TPSA) is 91.3 Å². The molecule has 4 rings (SSSR count). The molecule has 2 aliphatic rings. The van der Waals surface area contributed by atoms with Crippen molar-refractivity contribution in [1.82, 2.24) is 4.98 Å². The fraction of sp³-hybridized carbons (Fsp3) is 0.476. The normalized spacial score (nSPS) is 19.7. The monoisotopic (exact) mass is 382 g/mol. The molecule has 1 aromatic heterocycles. The molecule has 7 nitrogen and oxygen atoms in total. The third kappa shape index (κ3) is 4.15. The Kier molecular flexibility index (Phi) is 5.83. The van der Waals surface area contributed by atoms with Crippen LogP contribution in [-0.4, -0.2) is 48.9 Å². The van der Waals surface area contributed by atoms with Gasteiger partial charge in [-0.05, 0) is 55.5 Å². The van der Waals surface area contributed by atoms with Gasteiger partial charge in [-0.3, -0.25) is 9.98 Å². The fourth-order valence-corrected chi connectivity index (χ4v) is 3.64. The Balaban J connectivity index is 1.50. The van der Waals surface area contributed by atoms with Gasteiger partial charge < -0.3 is 20.1 Å². The molecule has 1 aromatic carbocycles. The van der Waals surface area contributed by atoms with Gasteiger partial charge in [-0.15, -0.1) is 0 Å². The average molecular weight is 382 g/mol. The summed E-state index contributed by atoms with van der Waals surface area (Å²) in [5, 5.41) is 5.00. The molecule has 148 valence electrons. The first kappa shape index (κ1) is 18.8. The number of aliphatic imine (C=N–C) groups is 1. The second-order valence-corrected chi connectivity index (χ2v) is 7.18. The van der Waals surface area contributed by atoms with Crippen molar-refractivity contribution in [2.75, 3.05) is 19.8 Å². The largest absolute Gasteiger partial charge is 0.484 e. The summed E-state index contributed by atoms with van der Waals surface area (Å²) in [7, 11) is 0. The van der Waals surface area contributed by atoms with Gasteiger partial charge in [0.05, 0.1) is 24.8 Å². The first-order chi connectivity index (χ1) is 13.7. The number of rotatable bonds is 5. The van der Waals surface area contributed by atoms with Gasteiger partial charge in [-0.25, -0.2) is 0 Å². The van der Waals surface area contributed by atoms with Crippen LogP contribution < -0.4 is 10.6 Å². The first-order valence-corrected chi connectivity index (χ1v) is 9.78. The zero-order chi connectivity index (χ0) is 19.3. The lowest BCUT2D eigenvalue weighted by molar-refractivity contribution is 0.0872. The molecule has 1 fully saturated rings. The van der Waals surface area contributed by atoms with E-state index in [1.54, 1.807) is 6.21 Å². The second-order valence-electron chi connectivity index (χ2n) is 7.18. The van der Waals surface area contributed by atoms with Gasteiger partial charge in [0.2, 0.25) is 0 Å². The van der Waals surface area contributed by atoms with E-state index < -0.39 is 0 Å². The van der Waals surface area contributed by atoms with Gasteiger partial charge in [-0.2, -0.15) is 5.10 Å². The van der Waals surface area contributed by atoms with E-state index in [0.29, 0.717) is 12.3 Å². The molecule has 28 heavy (non-hydrogen) atoms. The van der Waals surface area contributed by atoms with E-state index in [-0.39, 0.29) is 12.1 Å². The lowest BCUT2D eigenvalue weighted by Gasteiger charge is -2.20. The maximum atomic E-state index is 6.12. The van der Waals surface area contributed by atoms with Gasteiger partial charge in [0, 0.05) is 31.0 Å². The number of pyridine rings is 1. The van der Waals surface area contributed by atoms with Crippen LogP contribution in [0.2, 0.25) is 0 Å². The SMILES string of the molecule is CC(Oc1ccc2ncc3c(c2c1)CCOC3)/C(C=NC1CCOCC1)=N/N. The number of nitrogens with zero attached hydrogens (tertiary/aromatic N) is 3. The Morgan fingerprint density at radius 1 is 1.29 bits per heavy atom. The molecule has 0 radical (unpaired) electrons. The van der Waals surface area contributed by atoms with Crippen molar-refractivity contribution in [3.8, 4) is 5.75 Å². The number of benzene rings is 1. The summed E-state index contributed by atoms with van der Waals surface area (Å²) in [6, 6.07) is 6.23. The summed E-state index contributed by atoms with van der Waals surface area (Å²) in [6.07, 6.45) is 6.09. The molecular formula is C21H26N4O3. The van der Waals surface area contributed by atoms with Crippen LogP contribution in [0.15, 0.2) is 34.5 Å². The highest BCUT2D eigenvalue weighted by atomic mass is 16.5. The molecule has 3 heterocycles. The minimum Gasteiger partial charge on any atom is -0.484 e. The molecule has 2 N–H and O–H groups in total. The molecule has 7 heteroatoms. The minimum atomic E-state index is -0.304. The summed E-state index contributed by atoms with van der Waals surface area (Å²) in [6.45, 7) is 4.79. The van der Waals surface area contributed by atoms with Crippen LogP contribution in [0.5, 0.6) is 5.75 Å². The van der Waals surface area contributed by atoms with Crippen LogP contribution in [-0.2, 0) is 22.5 Å². The van der Waals surface area contributed by atoms with Gasteiger partial charge >= 0.3 is 0 Å². The number of nitrogens with two attached hydrogens (primary N) is 1. The van der Waals surface area contributed by atoms with Crippen molar-refractivity contribution in [3.05, 3.63) is 35.5 Å². The Morgan fingerprint density at radius 2 is 2.14 bits per heavy atom. The molecule has 2 aromatic rings. The number of hydrazone groups is 1. The molecule has 0 amide bonds. The average Bonchev–Trinajstić information content (AvgIpc) is 2.75. The summed E-state index contributed by atoms with van der Waals surface area (Å²) in [5.41, 5.74) is 4.03. The smallest absolute Gasteiger partial charge is 0.141 e. The molecule has 0 bridgehead atoms. The third-order valence-electron chi connectivity index (χ3n) is 5.28. The van der Waals surface area contributed by atoms with E-state index in [1.165, 1.54) is 5.56 Å². The zero-order valence-electron chi connectivity index (χ0n) is 16.1. The maximum Gasteiger partial charge on any atom is 0.141 e. The number of hydrogen-bond acceptors (Lipinski definition) is 7. The van der Waals surface area contributed by atoms with Crippen LogP contribution >= 0.6 is 0 Å². The van der Waals surface area contributed by atoms with Crippen molar-refractivity contribution in [1.29, 1.82) is 0 Å². The molecule has 0 spiro atoms. The maximum absolute atomic E-state index is 6.12. The van der Waals surface area contributed by atoms with E-state index >= 15 is 0 Å². The molecule has 1 unspecified atom stereocenters. The number of ether oxygens (including phenoxy) is 3. The number of hydrogen-bond donors (Lipinski definition) is 1. The second kappa shape index (κ2) is 8.67. The standard InChI is InChI=1S/C21H26N4O3/c1-14(21(25-22)12-23-16-4-7-26-8-5-16)28-17-2-3-20-19(10-17)18-6-9-27-13-15(18)11-24-20/h2-3,10-12,14,16H,4-9,13,22H2,1H3/b23-12?,25-21+. The molecule has 1 atom stereocenters. The minimum absolute atomic E-state index is 0.262. The van der Waals surface area contributed by atoms with Crippen molar-refractivity contribution < 1.29 is 14.2 Å². The summed E-state index contributed by atoms with van der Waals surface area (Å²) >= 11 is 0. The third-order valence-corrected chi connectivity index (χ3v) is 5.28. The molecule has 0 saturated carbocycles. The van der Waals surface area contributed by atoms with Crippen molar-refractivity contribution in [3.63, 3.8) is 0 Å². The van der Waals surface area contributed by atoms with Crippen LogP contribution in [0.1, 0.15) is 30.9 Å².